The summed E-state index contributed by atoms with van der Waals surface area (Å²) in [6.07, 6.45) is 3.17. The van der Waals surface area contributed by atoms with Gasteiger partial charge in [0.05, 0.1) is 12.4 Å². The van der Waals surface area contributed by atoms with Crippen molar-refractivity contribution >= 4 is 11.6 Å². The first-order valence-electron chi connectivity index (χ1n) is 5.11. The van der Waals surface area contributed by atoms with Gasteiger partial charge in [-0.05, 0) is 12.5 Å². The Morgan fingerprint density at radius 3 is 2.50 bits per heavy atom. The number of hydrogen-bond acceptors (Lipinski definition) is 4. The van der Waals surface area contributed by atoms with E-state index in [9.17, 15) is 0 Å². The van der Waals surface area contributed by atoms with Crippen LogP contribution in [0.3, 0.4) is 0 Å². The van der Waals surface area contributed by atoms with E-state index in [-0.39, 0.29) is 0 Å². The smallest absolute Gasteiger partial charge is 0.144 e. The molecule has 0 unspecified atom stereocenters. The van der Waals surface area contributed by atoms with Gasteiger partial charge in [-0.15, -0.1) is 0 Å². The summed E-state index contributed by atoms with van der Waals surface area (Å²) in [7, 11) is 0. The number of nitrogens with two attached hydrogens (primary N) is 1. The first kappa shape index (κ1) is 10.4. The molecule has 4 heteroatoms. The SMILES string of the molecule is Cc1ccc(CNc2cnc(N)cn2)cc1. The molecule has 0 saturated heterocycles. The lowest BCUT2D eigenvalue weighted by atomic mass is 10.1. The van der Waals surface area contributed by atoms with Crippen molar-refractivity contribution in [2.75, 3.05) is 11.1 Å². The van der Waals surface area contributed by atoms with Gasteiger partial charge in [0, 0.05) is 6.54 Å². The molecule has 0 spiro atoms. The Morgan fingerprint density at radius 1 is 1.12 bits per heavy atom. The number of nitrogen functional groups attached to an aromatic ring is 1. The summed E-state index contributed by atoms with van der Waals surface area (Å²) in [4.78, 5) is 8.07. The van der Waals surface area contributed by atoms with Crippen molar-refractivity contribution in [3.8, 4) is 0 Å². The molecular weight excluding hydrogens is 200 g/mol. The van der Waals surface area contributed by atoms with Crippen LogP contribution in [-0.4, -0.2) is 9.97 Å². The van der Waals surface area contributed by atoms with Crippen LogP contribution >= 0.6 is 0 Å². The zero-order chi connectivity index (χ0) is 11.4. The third kappa shape index (κ3) is 2.70. The fourth-order valence-electron chi connectivity index (χ4n) is 1.33. The minimum atomic E-state index is 0.431. The molecule has 0 aliphatic heterocycles. The van der Waals surface area contributed by atoms with Gasteiger partial charge in [-0.1, -0.05) is 29.8 Å². The van der Waals surface area contributed by atoms with Crippen LogP contribution in [0.15, 0.2) is 36.7 Å². The minimum Gasteiger partial charge on any atom is -0.382 e. The van der Waals surface area contributed by atoms with Gasteiger partial charge in [-0.25, -0.2) is 9.97 Å². The number of hydrogen-bond donors (Lipinski definition) is 2. The van der Waals surface area contributed by atoms with E-state index in [0.29, 0.717) is 5.82 Å². The number of benzene rings is 1. The summed E-state index contributed by atoms with van der Waals surface area (Å²) in [6, 6.07) is 8.36. The summed E-state index contributed by atoms with van der Waals surface area (Å²) in [5, 5.41) is 3.18. The highest BCUT2D eigenvalue weighted by Crippen LogP contribution is 2.07. The third-order valence-corrected chi connectivity index (χ3v) is 2.27. The second-order valence-electron chi connectivity index (χ2n) is 3.67. The number of nitrogens with zero attached hydrogens (tertiary/aromatic N) is 2. The first-order chi connectivity index (χ1) is 7.74. The van der Waals surface area contributed by atoms with Crippen LogP contribution < -0.4 is 11.1 Å². The standard InChI is InChI=1S/C12H14N4/c1-9-2-4-10(5-3-9)6-15-12-8-14-11(13)7-16-12/h2-5,7-8H,6H2,1H3,(H2,13,14)(H,15,16). The molecule has 1 aromatic heterocycles. The lowest BCUT2D eigenvalue weighted by molar-refractivity contribution is 1.09. The molecule has 82 valence electrons. The lowest BCUT2D eigenvalue weighted by Gasteiger charge is -2.05. The van der Waals surface area contributed by atoms with E-state index >= 15 is 0 Å². The summed E-state index contributed by atoms with van der Waals surface area (Å²) >= 11 is 0. The van der Waals surface area contributed by atoms with Crippen LogP contribution in [0.2, 0.25) is 0 Å². The van der Waals surface area contributed by atoms with E-state index in [1.165, 1.54) is 17.3 Å². The Hall–Kier alpha value is -2.10. The Morgan fingerprint density at radius 2 is 1.88 bits per heavy atom. The molecular formula is C12H14N4. The van der Waals surface area contributed by atoms with E-state index in [4.69, 9.17) is 5.73 Å². The summed E-state index contributed by atoms with van der Waals surface area (Å²) in [5.41, 5.74) is 7.92. The fraction of sp³-hybridized carbons (Fsp3) is 0.167. The molecule has 0 bridgehead atoms. The predicted octanol–water partition coefficient (Wildman–Crippen LogP) is 1.98. The molecule has 0 aliphatic carbocycles. The quantitative estimate of drug-likeness (QED) is 0.820. The number of nitrogens with one attached hydrogen (secondary N) is 1. The molecule has 2 rings (SSSR count). The van der Waals surface area contributed by atoms with E-state index in [1.807, 2.05) is 0 Å². The van der Waals surface area contributed by atoms with Gasteiger partial charge in [-0.3, -0.25) is 0 Å². The zero-order valence-corrected chi connectivity index (χ0v) is 9.14. The zero-order valence-electron chi connectivity index (χ0n) is 9.14. The molecule has 4 nitrogen and oxygen atoms in total. The van der Waals surface area contributed by atoms with Crippen LogP contribution in [0.5, 0.6) is 0 Å². The molecule has 0 aliphatic rings. The topological polar surface area (TPSA) is 63.8 Å². The molecule has 1 heterocycles. The van der Waals surface area contributed by atoms with Crippen molar-refractivity contribution in [3.63, 3.8) is 0 Å². The predicted molar refractivity (Wildman–Crippen MR) is 65.0 cm³/mol. The number of aromatic nitrogens is 2. The summed E-state index contributed by atoms with van der Waals surface area (Å²) in [6.45, 7) is 2.81. The fourth-order valence-corrected chi connectivity index (χ4v) is 1.33. The maximum atomic E-state index is 5.45. The molecule has 0 amide bonds. The Balaban J connectivity index is 1.97. The minimum absolute atomic E-state index is 0.431. The molecule has 1 aromatic carbocycles. The molecule has 0 radical (unpaired) electrons. The van der Waals surface area contributed by atoms with Gasteiger partial charge < -0.3 is 11.1 Å². The van der Waals surface area contributed by atoms with Crippen molar-refractivity contribution in [1.29, 1.82) is 0 Å². The van der Waals surface area contributed by atoms with Gasteiger partial charge in [0.1, 0.15) is 11.6 Å². The van der Waals surface area contributed by atoms with Crippen molar-refractivity contribution in [2.24, 2.45) is 0 Å². The van der Waals surface area contributed by atoms with Gasteiger partial charge in [0.2, 0.25) is 0 Å². The highest BCUT2D eigenvalue weighted by Gasteiger charge is 1.95. The molecule has 16 heavy (non-hydrogen) atoms. The average Bonchev–Trinajstić information content (AvgIpc) is 2.30. The van der Waals surface area contributed by atoms with Crippen molar-refractivity contribution in [3.05, 3.63) is 47.8 Å². The third-order valence-electron chi connectivity index (χ3n) is 2.27. The second kappa shape index (κ2) is 4.61. The van der Waals surface area contributed by atoms with Gasteiger partial charge in [-0.2, -0.15) is 0 Å². The van der Waals surface area contributed by atoms with Gasteiger partial charge >= 0.3 is 0 Å². The molecule has 0 fully saturated rings. The Kier molecular flexibility index (Phi) is 3.00. The average molecular weight is 214 g/mol. The van der Waals surface area contributed by atoms with E-state index < -0.39 is 0 Å². The molecule has 0 saturated carbocycles. The number of rotatable bonds is 3. The van der Waals surface area contributed by atoms with Crippen LogP contribution in [-0.2, 0) is 6.54 Å². The van der Waals surface area contributed by atoms with E-state index in [0.717, 1.165) is 12.4 Å². The van der Waals surface area contributed by atoms with Crippen LogP contribution in [0.1, 0.15) is 11.1 Å². The van der Waals surface area contributed by atoms with Crippen LogP contribution in [0.4, 0.5) is 11.6 Å². The molecule has 3 N–H and O–H groups in total. The normalized spacial score (nSPS) is 10.1. The van der Waals surface area contributed by atoms with Crippen molar-refractivity contribution in [1.82, 2.24) is 9.97 Å². The van der Waals surface area contributed by atoms with Crippen molar-refractivity contribution in [2.45, 2.75) is 13.5 Å². The highest BCUT2D eigenvalue weighted by atomic mass is 15.0. The number of aryl methyl sites for hydroxylation is 1. The number of anilines is 2. The maximum Gasteiger partial charge on any atom is 0.144 e. The largest absolute Gasteiger partial charge is 0.382 e. The van der Waals surface area contributed by atoms with Crippen molar-refractivity contribution < 1.29 is 0 Å². The van der Waals surface area contributed by atoms with Gasteiger partial charge in [0.15, 0.2) is 0 Å². The monoisotopic (exact) mass is 214 g/mol. The Bertz CT molecular complexity index is 402. The Labute approximate surface area is 94.5 Å². The first-order valence-corrected chi connectivity index (χ1v) is 5.11. The van der Waals surface area contributed by atoms with E-state index in [1.54, 1.807) is 6.20 Å². The summed E-state index contributed by atoms with van der Waals surface area (Å²) < 4.78 is 0. The maximum absolute atomic E-state index is 5.45. The molecule has 2 aromatic rings. The lowest BCUT2D eigenvalue weighted by Crippen LogP contribution is -2.02. The van der Waals surface area contributed by atoms with Crippen LogP contribution in [0.25, 0.3) is 0 Å². The second-order valence-corrected chi connectivity index (χ2v) is 3.67. The van der Waals surface area contributed by atoms with Gasteiger partial charge in [0.25, 0.3) is 0 Å². The van der Waals surface area contributed by atoms with Crippen LogP contribution in [0, 0.1) is 6.92 Å². The molecule has 0 atom stereocenters. The highest BCUT2D eigenvalue weighted by molar-refractivity contribution is 5.37. The summed E-state index contributed by atoms with van der Waals surface area (Å²) in [5.74, 6) is 1.16. The van der Waals surface area contributed by atoms with E-state index in [2.05, 4.69) is 46.5 Å².